The summed E-state index contributed by atoms with van der Waals surface area (Å²) in [5.74, 6) is -0.253. The van der Waals surface area contributed by atoms with Crippen LogP contribution in [0.1, 0.15) is 21.5 Å². The molecule has 0 atom stereocenters. The molecular weight excluding hydrogens is 541 g/mol. The Bertz CT molecular complexity index is 1200. The Morgan fingerprint density at radius 2 is 1.76 bits per heavy atom. The Balaban J connectivity index is 1.57. The van der Waals surface area contributed by atoms with Gasteiger partial charge >= 0.3 is 0 Å². The van der Waals surface area contributed by atoms with Gasteiger partial charge in [-0.3, -0.25) is 4.79 Å². The maximum atomic E-state index is 12.3. The van der Waals surface area contributed by atoms with E-state index in [0.717, 1.165) is 27.5 Å². The average Bonchev–Trinajstić information content (AvgIpc) is 3.08. The Morgan fingerprint density at radius 1 is 1.03 bits per heavy atom. The second-order valence-corrected chi connectivity index (χ2v) is 8.63. The molecule has 0 bridgehead atoms. The molecule has 0 radical (unpaired) electrons. The normalized spacial score (nSPS) is 11.2. The minimum absolute atomic E-state index is 0.253. The molecule has 1 amide bonds. The number of rotatable bonds is 5. The lowest BCUT2D eigenvalue weighted by atomic mass is 10.2. The first-order valence-electron chi connectivity index (χ1n) is 9.02. The van der Waals surface area contributed by atoms with Gasteiger partial charge in [0.1, 0.15) is 0 Å². The Hall–Kier alpha value is -2.45. The number of hydrazone groups is 1. The molecule has 4 aromatic rings. The van der Waals surface area contributed by atoms with Gasteiger partial charge in [-0.15, -0.1) is 0 Å². The van der Waals surface area contributed by atoms with E-state index in [2.05, 4.69) is 96.2 Å². The maximum absolute atomic E-state index is 12.3. The van der Waals surface area contributed by atoms with Crippen molar-refractivity contribution in [2.45, 2.75) is 6.54 Å². The van der Waals surface area contributed by atoms with Crippen LogP contribution in [0.2, 0.25) is 0 Å². The smallest absolute Gasteiger partial charge is 0.272 e. The molecule has 0 fully saturated rings. The summed E-state index contributed by atoms with van der Waals surface area (Å²) in [7, 11) is 0. The van der Waals surface area contributed by atoms with Gasteiger partial charge in [0.05, 0.1) is 11.8 Å². The van der Waals surface area contributed by atoms with Gasteiger partial charge in [0.15, 0.2) is 0 Å². The first-order chi connectivity index (χ1) is 14.1. The number of amides is 1. The van der Waals surface area contributed by atoms with E-state index in [1.165, 1.54) is 9.13 Å². The van der Waals surface area contributed by atoms with Gasteiger partial charge in [-0.05, 0) is 74.4 Å². The van der Waals surface area contributed by atoms with E-state index >= 15 is 0 Å². The van der Waals surface area contributed by atoms with Crippen molar-refractivity contribution in [3.05, 3.63) is 104 Å². The summed E-state index contributed by atoms with van der Waals surface area (Å²) >= 11 is 5.70. The fraction of sp³-hybridized carbons (Fsp3) is 0.0435. The standard InChI is InChI=1S/C23H17BrIN3O/c24-21-7-3-1-6-20(21)23(29)27-26-13-17-15-28(22-8-4-2-5-19(17)22)14-16-9-11-18(25)12-10-16/h1-13,15H,14H2,(H,27,29)/b26-13+. The lowest BCUT2D eigenvalue weighted by Gasteiger charge is -2.05. The summed E-state index contributed by atoms with van der Waals surface area (Å²) in [6, 6.07) is 24.0. The number of carbonyl (C=O) groups excluding carboxylic acids is 1. The van der Waals surface area contributed by atoms with Crippen LogP contribution in [0.25, 0.3) is 10.9 Å². The number of aromatic nitrogens is 1. The number of fused-ring (bicyclic) bond motifs is 1. The van der Waals surface area contributed by atoms with E-state index in [1.807, 2.05) is 30.3 Å². The van der Waals surface area contributed by atoms with Crippen LogP contribution in [-0.4, -0.2) is 16.7 Å². The van der Waals surface area contributed by atoms with Crippen molar-refractivity contribution < 1.29 is 4.79 Å². The molecule has 4 rings (SSSR count). The van der Waals surface area contributed by atoms with Gasteiger partial charge < -0.3 is 4.57 Å². The molecule has 6 heteroatoms. The van der Waals surface area contributed by atoms with Gasteiger partial charge in [0, 0.05) is 37.3 Å². The molecule has 1 N–H and O–H groups in total. The first-order valence-corrected chi connectivity index (χ1v) is 10.9. The number of nitrogens with zero attached hydrogens (tertiary/aromatic N) is 2. The first kappa shape index (κ1) is 19.8. The summed E-state index contributed by atoms with van der Waals surface area (Å²) in [5, 5.41) is 5.28. The van der Waals surface area contributed by atoms with Crippen molar-refractivity contribution in [1.82, 2.24) is 9.99 Å². The number of halogens is 2. The quantitative estimate of drug-likeness (QED) is 0.187. The van der Waals surface area contributed by atoms with Crippen molar-refractivity contribution >= 4 is 61.5 Å². The van der Waals surface area contributed by atoms with Crippen LogP contribution in [0.15, 0.2) is 88.6 Å². The molecule has 1 aromatic heterocycles. The number of nitrogens with one attached hydrogen (secondary N) is 1. The zero-order valence-electron chi connectivity index (χ0n) is 15.3. The average molecular weight is 558 g/mol. The van der Waals surface area contributed by atoms with Crippen molar-refractivity contribution in [2.24, 2.45) is 5.10 Å². The van der Waals surface area contributed by atoms with Crippen molar-refractivity contribution in [2.75, 3.05) is 0 Å². The van der Waals surface area contributed by atoms with Crippen LogP contribution in [0, 0.1) is 3.57 Å². The van der Waals surface area contributed by atoms with Crippen LogP contribution in [0.5, 0.6) is 0 Å². The molecule has 29 heavy (non-hydrogen) atoms. The molecular formula is C23H17BrIN3O. The summed E-state index contributed by atoms with van der Waals surface area (Å²) in [5.41, 5.74) is 6.48. The minimum Gasteiger partial charge on any atom is -0.342 e. The zero-order valence-corrected chi connectivity index (χ0v) is 19.1. The minimum atomic E-state index is -0.253. The highest BCUT2D eigenvalue weighted by Gasteiger charge is 2.09. The second kappa shape index (κ2) is 8.92. The van der Waals surface area contributed by atoms with Crippen molar-refractivity contribution in [3.8, 4) is 0 Å². The highest BCUT2D eigenvalue weighted by molar-refractivity contribution is 14.1. The predicted molar refractivity (Wildman–Crippen MR) is 129 cm³/mol. The molecule has 0 aliphatic carbocycles. The van der Waals surface area contributed by atoms with E-state index in [1.54, 1.807) is 12.3 Å². The van der Waals surface area contributed by atoms with Gasteiger partial charge in [-0.2, -0.15) is 5.10 Å². The molecule has 4 nitrogen and oxygen atoms in total. The summed E-state index contributed by atoms with van der Waals surface area (Å²) < 4.78 is 4.16. The number of hydrogen-bond acceptors (Lipinski definition) is 2. The van der Waals surface area contributed by atoms with Gasteiger partial charge in [-0.25, -0.2) is 5.43 Å². The summed E-state index contributed by atoms with van der Waals surface area (Å²) in [6.07, 6.45) is 3.76. The molecule has 144 valence electrons. The number of carbonyl (C=O) groups is 1. The van der Waals surface area contributed by atoms with Gasteiger partial charge in [-0.1, -0.05) is 42.5 Å². The third-order valence-corrected chi connectivity index (χ3v) is 5.98. The number of hydrogen-bond donors (Lipinski definition) is 1. The van der Waals surface area contributed by atoms with Crippen LogP contribution in [0.3, 0.4) is 0 Å². The monoisotopic (exact) mass is 557 g/mol. The van der Waals surface area contributed by atoms with Crippen molar-refractivity contribution in [1.29, 1.82) is 0 Å². The van der Waals surface area contributed by atoms with E-state index in [0.29, 0.717) is 5.56 Å². The van der Waals surface area contributed by atoms with E-state index in [4.69, 9.17) is 0 Å². The SMILES string of the molecule is O=C(N/N=C/c1cn(Cc2ccc(I)cc2)c2ccccc12)c1ccccc1Br. The molecule has 3 aromatic carbocycles. The third kappa shape index (κ3) is 4.59. The summed E-state index contributed by atoms with van der Waals surface area (Å²) in [6.45, 7) is 0.772. The summed E-state index contributed by atoms with van der Waals surface area (Å²) in [4.78, 5) is 12.3. The lowest BCUT2D eigenvalue weighted by molar-refractivity contribution is 0.0954. The predicted octanol–water partition coefficient (Wildman–Crippen LogP) is 5.82. The molecule has 1 heterocycles. The Kier molecular flexibility index (Phi) is 6.10. The number of para-hydroxylation sites is 1. The maximum Gasteiger partial charge on any atom is 0.272 e. The zero-order chi connectivity index (χ0) is 20.2. The van der Waals surface area contributed by atoms with Crippen LogP contribution < -0.4 is 5.43 Å². The van der Waals surface area contributed by atoms with Gasteiger partial charge in [0.25, 0.3) is 5.91 Å². The van der Waals surface area contributed by atoms with Crippen LogP contribution in [-0.2, 0) is 6.54 Å². The molecule has 0 saturated heterocycles. The van der Waals surface area contributed by atoms with Crippen molar-refractivity contribution in [3.63, 3.8) is 0 Å². The Morgan fingerprint density at radius 3 is 2.55 bits per heavy atom. The number of benzene rings is 3. The fourth-order valence-corrected chi connectivity index (χ4v) is 3.99. The molecule has 0 aliphatic rings. The Labute approximate surface area is 190 Å². The van der Waals surface area contributed by atoms with E-state index in [9.17, 15) is 4.79 Å². The molecule has 0 spiro atoms. The van der Waals surface area contributed by atoms with Gasteiger partial charge in [0.2, 0.25) is 0 Å². The van der Waals surface area contributed by atoms with Crippen LogP contribution in [0.4, 0.5) is 0 Å². The highest BCUT2D eigenvalue weighted by atomic mass is 127. The van der Waals surface area contributed by atoms with E-state index in [-0.39, 0.29) is 5.91 Å². The highest BCUT2D eigenvalue weighted by Crippen LogP contribution is 2.22. The third-order valence-electron chi connectivity index (χ3n) is 4.57. The molecule has 0 aliphatic heterocycles. The fourth-order valence-electron chi connectivity index (χ4n) is 3.16. The second-order valence-electron chi connectivity index (χ2n) is 6.53. The van der Waals surface area contributed by atoms with E-state index < -0.39 is 0 Å². The molecule has 0 unspecified atom stereocenters. The lowest BCUT2D eigenvalue weighted by Crippen LogP contribution is -2.18. The topological polar surface area (TPSA) is 46.4 Å². The van der Waals surface area contributed by atoms with Crippen LogP contribution >= 0.6 is 38.5 Å². The largest absolute Gasteiger partial charge is 0.342 e. The molecule has 0 saturated carbocycles.